The normalized spacial score (nSPS) is 20.6. The first-order valence-electron chi connectivity index (χ1n) is 16.7. The highest BCUT2D eigenvalue weighted by molar-refractivity contribution is 7.23. The molecule has 2 atom stereocenters. The van der Waals surface area contributed by atoms with Crippen LogP contribution < -0.4 is 5.32 Å². The molecule has 9 nitrogen and oxygen atoms in total. The van der Waals surface area contributed by atoms with Crippen molar-refractivity contribution in [3.63, 3.8) is 0 Å². The third-order valence-electron chi connectivity index (χ3n) is 10.4. The summed E-state index contributed by atoms with van der Waals surface area (Å²) in [6, 6.07) is 9.17. The Kier molecular flexibility index (Phi) is 7.08. The number of nitrogens with zero attached hydrogens (tertiary/aromatic N) is 5. The van der Waals surface area contributed by atoms with Crippen molar-refractivity contribution in [2.45, 2.75) is 70.4 Å². The van der Waals surface area contributed by atoms with Gasteiger partial charge in [0.2, 0.25) is 11.8 Å². The van der Waals surface area contributed by atoms with Crippen LogP contribution in [0.5, 0.6) is 0 Å². The molecular weight excluding hydrogens is 616 g/mol. The van der Waals surface area contributed by atoms with Crippen LogP contribution in [-0.2, 0) is 17.6 Å². The SMILES string of the molecule is Cc1nnc(-c2c(CCC3CCOCC3)nc3c(c2-c2cc4ccnc(N[C@H]5CCc6ccc(F)cc65)c4s2)C(=O)N2CCC[C@H]32)o1. The van der Waals surface area contributed by atoms with Gasteiger partial charge < -0.3 is 19.4 Å². The number of aryl methyl sites for hydroxylation is 3. The Morgan fingerprint density at radius 3 is 2.81 bits per heavy atom. The molecule has 0 bridgehead atoms. The van der Waals surface area contributed by atoms with Crippen molar-refractivity contribution in [2.24, 2.45) is 5.92 Å². The van der Waals surface area contributed by atoms with E-state index in [1.54, 1.807) is 24.3 Å². The molecule has 7 heterocycles. The first kappa shape index (κ1) is 29.0. The van der Waals surface area contributed by atoms with Gasteiger partial charge >= 0.3 is 0 Å². The Morgan fingerprint density at radius 1 is 1.06 bits per heavy atom. The van der Waals surface area contributed by atoms with E-state index in [2.05, 4.69) is 21.6 Å². The van der Waals surface area contributed by atoms with Crippen molar-refractivity contribution in [2.75, 3.05) is 25.1 Å². The summed E-state index contributed by atoms with van der Waals surface area (Å²) in [5.74, 6) is 1.98. The summed E-state index contributed by atoms with van der Waals surface area (Å²) in [6.45, 7) is 4.11. The fourth-order valence-corrected chi connectivity index (χ4v) is 9.23. The number of amides is 1. The summed E-state index contributed by atoms with van der Waals surface area (Å²) in [6.07, 6.45) is 9.27. The smallest absolute Gasteiger partial charge is 0.257 e. The predicted octanol–water partition coefficient (Wildman–Crippen LogP) is 7.61. The van der Waals surface area contributed by atoms with Crippen LogP contribution in [0, 0.1) is 18.7 Å². The number of benzene rings is 1. The maximum atomic E-state index is 14.2. The zero-order chi connectivity index (χ0) is 31.6. The number of rotatable bonds is 7. The second-order valence-corrected chi connectivity index (χ2v) is 14.3. The number of carbonyl (C=O) groups excluding carboxylic acids is 1. The number of ether oxygens (including phenoxy) is 1. The molecule has 2 fully saturated rings. The van der Waals surface area contributed by atoms with Crippen LogP contribution in [0.4, 0.5) is 10.2 Å². The van der Waals surface area contributed by atoms with Crippen LogP contribution in [0.25, 0.3) is 32.0 Å². The zero-order valence-electron chi connectivity index (χ0n) is 26.2. The number of hydrogen-bond donors (Lipinski definition) is 1. The van der Waals surface area contributed by atoms with Gasteiger partial charge in [0.05, 0.1) is 39.3 Å². The molecule has 1 aliphatic carbocycles. The van der Waals surface area contributed by atoms with Crippen LogP contribution in [0.15, 0.2) is 40.9 Å². The van der Waals surface area contributed by atoms with Crippen LogP contribution >= 0.6 is 11.3 Å². The zero-order valence-corrected chi connectivity index (χ0v) is 27.0. The molecule has 3 aliphatic heterocycles. The topological polar surface area (TPSA) is 106 Å². The van der Waals surface area contributed by atoms with Crippen molar-refractivity contribution in [3.05, 3.63) is 76.3 Å². The van der Waals surface area contributed by atoms with Crippen LogP contribution in [0.2, 0.25) is 0 Å². The van der Waals surface area contributed by atoms with E-state index in [0.717, 1.165) is 120 Å². The third-order valence-corrected chi connectivity index (χ3v) is 11.6. The van der Waals surface area contributed by atoms with Gasteiger partial charge in [0.1, 0.15) is 11.6 Å². The minimum Gasteiger partial charge on any atom is -0.421 e. The van der Waals surface area contributed by atoms with Crippen LogP contribution in [-0.4, -0.2) is 50.7 Å². The van der Waals surface area contributed by atoms with Gasteiger partial charge in [0.25, 0.3) is 5.91 Å². The minimum absolute atomic E-state index is 0.00680. The Morgan fingerprint density at radius 2 is 1.96 bits per heavy atom. The van der Waals surface area contributed by atoms with E-state index in [1.807, 2.05) is 23.2 Å². The molecular formula is C36H35FN6O3S. The second kappa shape index (κ2) is 11.5. The maximum absolute atomic E-state index is 14.2. The minimum atomic E-state index is -0.227. The Bertz CT molecular complexity index is 2030. The summed E-state index contributed by atoms with van der Waals surface area (Å²) in [5, 5.41) is 13.4. The summed E-state index contributed by atoms with van der Waals surface area (Å²) in [5.41, 5.74) is 6.20. The second-order valence-electron chi connectivity index (χ2n) is 13.2. The quantitative estimate of drug-likeness (QED) is 0.192. The monoisotopic (exact) mass is 650 g/mol. The Hall–Kier alpha value is -4.22. The highest BCUT2D eigenvalue weighted by Gasteiger charge is 2.45. The average molecular weight is 651 g/mol. The molecule has 1 N–H and O–H groups in total. The van der Waals surface area contributed by atoms with Crippen LogP contribution in [0.3, 0.4) is 0 Å². The number of nitrogens with one attached hydrogen (secondary N) is 1. The van der Waals surface area contributed by atoms with E-state index >= 15 is 0 Å². The van der Waals surface area contributed by atoms with Crippen molar-refractivity contribution in [3.8, 4) is 21.9 Å². The van der Waals surface area contributed by atoms with Crippen molar-refractivity contribution in [1.29, 1.82) is 0 Å². The van der Waals surface area contributed by atoms with E-state index in [9.17, 15) is 9.18 Å². The maximum Gasteiger partial charge on any atom is 0.257 e. The van der Waals surface area contributed by atoms with E-state index in [4.69, 9.17) is 19.1 Å². The molecule has 47 heavy (non-hydrogen) atoms. The molecule has 9 rings (SSSR count). The number of carbonyl (C=O) groups is 1. The number of anilines is 1. The molecule has 0 radical (unpaired) electrons. The van der Waals surface area contributed by atoms with Crippen molar-refractivity contribution in [1.82, 2.24) is 25.1 Å². The molecule has 4 aromatic heterocycles. The van der Waals surface area contributed by atoms with Gasteiger partial charge in [0, 0.05) is 43.3 Å². The molecule has 1 aromatic carbocycles. The standard InChI is InChI=1S/C36H35FN6O3S/c1-19-41-42-35(46-19)29-26(8-4-20-11-15-45-16-12-20)39-32-27-3-2-14-43(27)36(44)31(32)30(29)28-17-22-10-13-38-34(33(22)47-28)40-25-9-6-21-5-7-23(37)18-24(21)25/h5,7,10,13,17-18,20,25,27H,2-4,6,8-9,11-12,14-16H2,1H3,(H,38,40)/t25-,27+/m0/s1. The molecule has 0 unspecified atom stereocenters. The Labute approximate surface area is 275 Å². The summed E-state index contributed by atoms with van der Waals surface area (Å²) < 4.78 is 27.0. The summed E-state index contributed by atoms with van der Waals surface area (Å²) in [4.78, 5) is 27.2. The Balaban J connectivity index is 1.20. The van der Waals surface area contributed by atoms with Crippen LogP contribution in [0.1, 0.15) is 89.4 Å². The largest absolute Gasteiger partial charge is 0.421 e. The van der Waals surface area contributed by atoms with Gasteiger partial charge in [-0.15, -0.1) is 21.5 Å². The molecule has 11 heteroatoms. The van der Waals surface area contributed by atoms with Gasteiger partial charge in [-0.3, -0.25) is 9.78 Å². The van der Waals surface area contributed by atoms with Gasteiger partial charge in [-0.2, -0.15) is 0 Å². The lowest BCUT2D eigenvalue weighted by Crippen LogP contribution is -2.22. The third kappa shape index (κ3) is 4.93. The lowest BCUT2D eigenvalue weighted by molar-refractivity contribution is 0.0639. The van der Waals surface area contributed by atoms with E-state index < -0.39 is 0 Å². The fraction of sp³-hybridized carbons (Fsp3) is 0.417. The summed E-state index contributed by atoms with van der Waals surface area (Å²) in [7, 11) is 0. The van der Waals surface area contributed by atoms with Gasteiger partial charge in [-0.1, -0.05) is 6.07 Å². The molecule has 5 aromatic rings. The van der Waals surface area contributed by atoms with Crippen molar-refractivity contribution < 1.29 is 18.3 Å². The number of pyridine rings is 2. The number of aromatic nitrogens is 4. The molecule has 0 saturated carbocycles. The molecule has 0 spiro atoms. The van der Waals surface area contributed by atoms with E-state index in [0.29, 0.717) is 23.3 Å². The average Bonchev–Trinajstić information content (AvgIpc) is 3.92. The molecule has 4 aliphatic rings. The summed E-state index contributed by atoms with van der Waals surface area (Å²) >= 11 is 1.61. The molecule has 2 saturated heterocycles. The number of thiophene rings is 1. The number of hydrogen-bond acceptors (Lipinski definition) is 9. The van der Waals surface area contributed by atoms with Crippen molar-refractivity contribution >= 4 is 33.1 Å². The highest BCUT2D eigenvalue weighted by Crippen LogP contribution is 2.50. The first-order valence-corrected chi connectivity index (χ1v) is 17.5. The van der Waals surface area contributed by atoms with Gasteiger partial charge in [0.15, 0.2) is 0 Å². The lowest BCUT2D eigenvalue weighted by Gasteiger charge is -2.22. The van der Waals surface area contributed by atoms with Gasteiger partial charge in [-0.25, -0.2) is 9.37 Å². The molecule has 1 amide bonds. The highest BCUT2D eigenvalue weighted by atomic mass is 32.1. The van der Waals surface area contributed by atoms with Gasteiger partial charge in [-0.05, 0) is 98.1 Å². The van der Waals surface area contributed by atoms with E-state index in [1.165, 1.54) is 11.6 Å². The first-order chi connectivity index (χ1) is 23.0. The predicted molar refractivity (Wildman–Crippen MR) is 177 cm³/mol. The number of fused-ring (bicyclic) bond motifs is 5. The fourth-order valence-electron chi connectivity index (χ4n) is 8.06. The molecule has 240 valence electrons. The number of halogens is 1. The lowest BCUT2D eigenvalue weighted by atomic mass is 9.90. The van der Waals surface area contributed by atoms with E-state index in [-0.39, 0.29) is 23.8 Å².